The molecule has 2 aromatic rings. The van der Waals surface area contributed by atoms with E-state index in [-0.39, 0.29) is 19.4 Å². The highest BCUT2D eigenvalue weighted by molar-refractivity contribution is 5.86. The molecule has 2 N–H and O–H groups in total. The fourth-order valence-electron chi connectivity index (χ4n) is 2.53. The highest BCUT2D eigenvalue weighted by atomic mass is 16.5. The second-order valence-electron chi connectivity index (χ2n) is 5.78. The van der Waals surface area contributed by atoms with Gasteiger partial charge in [-0.25, -0.2) is 4.79 Å². The van der Waals surface area contributed by atoms with Gasteiger partial charge in [-0.05, 0) is 31.0 Å². The quantitative estimate of drug-likeness (QED) is 0.566. The summed E-state index contributed by atoms with van der Waals surface area (Å²) in [5.74, 6) is -1.96. The third-order valence-electron chi connectivity index (χ3n) is 3.97. The molecule has 1 heterocycles. The number of carbonyl (C=O) groups excluding carboxylic acids is 3. The maximum Gasteiger partial charge on any atom is 0.339 e. The monoisotopic (exact) mass is 375 g/mol. The Bertz CT molecular complexity index is 933. The maximum absolute atomic E-state index is 12.2. The van der Waals surface area contributed by atoms with E-state index in [2.05, 4.69) is 10.6 Å². The second-order valence-corrected chi connectivity index (χ2v) is 5.78. The van der Waals surface area contributed by atoms with Gasteiger partial charge >= 0.3 is 5.63 Å². The summed E-state index contributed by atoms with van der Waals surface area (Å²) in [6, 6.07) is 5.14. The van der Waals surface area contributed by atoms with Crippen molar-refractivity contribution in [1.29, 1.82) is 0 Å². The van der Waals surface area contributed by atoms with Gasteiger partial charge in [-0.15, -0.1) is 0 Å². The van der Waals surface area contributed by atoms with E-state index in [1.54, 1.807) is 25.1 Å². The van der Waals surface area contributed by atoms with E-state index < -0.39 is 30.0 Å². The first-order valence-electron chi connectivity index (χ1n) is 8.15. The average molecular weight is 375 g/mol. The van der Waals surface area contributed by atoms with Crippen LogP contribution in [0.1, 0.15) is 17.5 Å². The number of methoxy groups -OCH3 is 1. The SMILES string of the molecule is COc1ccc2c(C)c(CCC(=O)NCC(=O)NCC(=O)[O-])c(=O)oc2c1. The molecule has 9 nitrogen and oxygen atoms in total. The van der Waals surface area contributed by atoms with Crippen LogP contribution >= 0.6 is 0 Å². The molecule has 0 aliphatic heterocycles. The minimum Gasteiger partial charge on any atom is -0.548 e. The number of hydrogen-bond donors (Lipinski definition) is 2. The zero-order chi connectivity index (χ0) is 20.0. The van der Waals surface area contributed by atoms with Crippen molar-refractivity contribution in [2.45, 2.75) is 19.8 Å². The molecule has 1 aromatic carbocycles. The van der Waals surface area contributed by atoms with Gasteiger partial charge in [0.1, 0.15) is 11.3 Å². The number of ether oxygens (including phenoxy) is 1. The molecule has 0 saturated heterocycles. The van der Waals surface area contributed by atoms with E-state index in [1.807, 2.05) is 0 Å². The number of hydrogen-bond acceptors (Lipinski definition) is 7. The molecule has 0 spiro atoms. The first-order chi connectivity index (χ1) is 12.8. The molecule has 0 bridgehead atoms. The third kappa shape index (κ3) is 5.30. The summed E-state index contributed by atoms with van der Waals surface area (Å²) in [7, 11) is 1.51. The second kappa shape index (κ2) is 8.84. The molecule has 0 atom stereocenters. The Morgan fingerprint density at radius 1 is 1.15 bits per heavy atom. The van der Waals surface area contributed by atoms with Crippen LogP contribution in [0.15, 0.2) is 27.4 Å². The molecule has 0 radical (unpaired) electrons. The lowest BCUT2D eigenvalue weighted by molar-refractivity contribution is -0.304. The minimum atomic E-state index is -1.43. The van der Waals surface area contributed by atoms with Gasteiger partial charge in [0, 0.05) is 23.4 Å². The third-order valence-corrected chi connectivity index (χ3v) is 3.97. The van der Waals surface area contributed by atoms with Crippen molar-refractivity contribution in [1.82, 2.24) is 10.6 Å². The molecule has 0 fully saturated rings. The number of fused-ring (bicyclic) bond motifs is 1. The number of rotatable bonds is 8. The Labute approximate surface area is 154 Å². The van der Waals surface area contributed by atoms with Gasteiger partial charge in [-0.2, -0.15) is 0 Å². The van der Waals surface area contributed by atoms with E-state index >= 15 is 0 Å². The van der Waals surface area contributed by atoms with Crippen LogP contribution in [0.5, 0.6) is 5.75 Å². The topological polar surface area (TPSA) is 138 Å². The van der Waals surface area contributed by atoms with Gasteiger partial charge in [0.05, 0.1) is 26.2 Å². The predicted octanol–water partition coefficient (Wildman–Crippen LogP) is -0.975. The lowest BCUT2D eigenvalue weighted by Gasteiger charge is -2.09. The summed E-state index contributed by atoms with van der Waals surface area (Å²) >= 11 is 0. The standard InChI is InChI=1S/C18H20N2O7/c1-10-12-4-3-11(26-2)7-14(12)27-18(25)13(10)5-6-15(21)19-8-16(22)20-9-17(23)24/h3-4,7H,5-6,8-9H2,1-2H3,(H,19,21)(H,20,22)(H,23,24)/p-1. The summed E-state index contributed by atoms with van der Waals surface area (Å²) < 4.78 is 10.4. The van der Waals surface area contributed by atoms with Crippen molar-refractivity contribution in [3.8, 4) is 5.75 Å². The zero-order valence-corrected chi connectivity index (χ0v) is 14.9. The number of amides is 2. The molecule has 0 unspecified atom stereocenters. The normalized spacial score (nSPS) is 10.4. The van der Waals surface area contributed by atoms with Crippen LogP contribution in [0.4, 0.5) is 0 Å². The Morgan fingerprint density at radius 2 is 1.85 bits per heavy atom. The fraction of sp³-hybridized carbons (Fsp3) is 0.333. The van der Waals surface area contributed by atoms with Crippen molar-refractivity contribution in [2.75, 3.05) is 20.2 Å². The Hall–Kier alpha value is -3.36. The van der Waals surface area contributed by atoms with E-state index in [0.29, 0.717) is 22.5 Å². The maximum atomic E-state index is 12.2. The van der Waals surface area contributed by atoms with Crippen LogP contribution in [0.3, 0.4) is 0 Å². The summed E-state index contributed by atoms with van der Waals surface area (Å²) in [6.45, 7) is 0.778. The Morgan fingerprint density at radius 3 is 2.52 bits per heavy atom. The number of benzene rings is 1. The van der Waals surface area contributed by atoms with Crippen molar-refractivity contribution >= 4 is 28.8 Å². The Kier molecular flexibility index (Phi) is 6.53. The van der Waals surface area contributed by atoms with Crippen molar-refractivity contribution in [3.63, 3.8) is 0 Å². The van der Waals surface area contributed by atoms with E-state index in [0.717, 1.165) is 5.39 Å². The molecular formula is C18H19N2O7-. The number of nitrogens with one attached hydrogen (secondary N) is 2. The van der Waals surface area contributed by atoms with Gasteiger partial charge in [0.2, 0.25) is 11.8 Å². The van der Waals surface area contributed by atoms with Gasteiger partial charge in [0.15, 0.2) is 0 Å². The van der Waals surface area contributed by atoms with Gasteiger partial charge < -0.3 is 29.7 Å². The summed E-state index contributed by atoms with van der Waals surface area (Å²) in [6.07, 6.45) is 0.115. The molecule has 0 aliphatic rings. The van der Waals surface area contributed by atoms with E-state index in [9.17, 15) is 24.3 Å². The van der Waals surface area contributed by atoms with Crippen molar-refractivity contribution < 1.29 is 28.6 Å². The summed E-state index contributed by atoms with van der Waals surface area (Å²) in [4.78, 5) is 45.7. The average Bonchev–Trinajstić information content (AvgIpc) is 2.63. The fourth-order valence-corrected chi connectivity index (χ4v) is 2.53. The lowest BCUT2D eigenvalue weighted by atomic mass is 10.0. The zero-order valence-electron chi connectivity index (χ0n) is 14.9. The molecule has 9 heteroatoms. The molecule has 2 amide bonds. The first-order valence-corrected chi connectivity index (χ1v) is 8.15. The molecule has 2 rings (SSSR count). The van der Waals surface area contributed by atoms with Crippen molar-refractivity contribution in [3.05, 3.63) is 39.7 Å². The van der Waals surface area contributed by atoms with Crippen LogP contribution in [0, 0.1) is 6.92 Å². The van der Waals surface area contributed by atoms with Gasteiger partial charge in [-0.1, -0.05) is 0 Å². The molecule has 144 valence electrons. The number of carbonyl (C=O) groups is 3. The number of carboxylic acid groups (broad SMARTS) is 1. The van der Waals surface area contributed by atoms with Crippen LogP contribution in [0.25, 0.3) is 11.0 Å². The highest BCUT2D eigenvalue weighted by Gasteiger charge is 2.14. The number of carboxylic acids is 1. The van der Waals surface area contributed by atoms with Gasteiger partial charge in [0.25, 0.3) is 0 Å². The highest BCUT2D eigenvalue weighted by Crippen LogP contribution is 2.24. The van der Waals surface area contributed by atoms with Crippen LogP contribution in [-0.4, -0.2) is 38.0 Å². The number of aryl methyl sites for hydroxylation is 1. The summed E-state index contributed by atoms with van der Waals surface area (Å²) in [5, 5.41) is 15.4. The van der Waals surface area contributed by atoms with Gasteiger partial charge in [-0.3, -0.25) is 9.59 Å². The lowest BCUT2D eigenvalue weighted by Crippen LogP contribution is -2.42. The molecule has 0 saturated carbocycles. The molecule has 27 heavy (non-hydrogen) atoms. The largest absolute Gasteiger partial charge is 0.548 e. The predicted molar refractivity (Wildman–Crippen MR) is 93.1 cm³/mol. The molecular weight excluding hydrogens is 356 g/mol. The summed E-state index contributed by atoms with van der Waals surface area (Å²) in [5.41, 5.74) is 0.954. The minimum absolute atomic E-state index is 0.0268. The number of aliphatic carboxylic acids is 1. The first kappa shape index (κ1) is 20.0. The van der Waals surface area contributed by atoms with Crippen LogP contribution in [-0.2, 0) is 20.8 Å². The van der Waals surface area contributed by atoms with Crippen LogP contribution < -0.4 is 26.1 Å². The van der Waals surface area contributed by atoms with E-state index in [4.69, 9.17) is 9.15 Å². The molecule has 0 aliphatic carbocycles. The van der Waals surface area contributed by atoms with E-state index in [1.165, 1.54) is 7.11 Å². The molecule has 1 aromatic heterocycles. The van der Waals surface area contributed by atoms with Crippen molar-refractivity contribution in [2.24, 2.45) is 0 Å². The Balaban J connectivity index is 2.00. The smallest absolute Gasteiger partial charge is 0.339 e. The van der Waals surface area contributed by atoms with Crippen LogP contribution in [0.2, 0.25) is 0 Å².